The van der Waals surface area contributed by atoms with Crippen molar-refractivity contribution in [2.75, 3.05) is 6.54 Å². The van der Waals surface area contributed by atoms with Gasteiger partial charge >= 0.3 is 6.03 Å². The summed E-state index contributed by atoms with van der Waals surface area (Å²) in [6, 6.07) is 10.9. The van der Waals surface area contributed by atoms with Crippen LogP contribution >= 0.6 is 0 Å². The smallest absolute Gasteiger partial charge is 0.317 e. The van der Waals surface area contributed by atoms with Crippen molar-refractivity contribution in [2.24, 2.45) is 0 Å². The van der Waals surface area contributed by atoms with E-state index in [9.17, 15) is 4.79 Å². The minimum absolute atomic E-state index is 0.0657. The Labute approximate surface area is 96.5 Å². The van der Waals surface area contributed by atoms with Gasteiger partial charge in [-0.25, -0.2) is 4.79 Å². The summed E-state index contributed by atoms with van der Waals surface area (Å²) in [6.45, 7) is 4.90. The Morgan fingerprint density at radius 3 is 2.62 bits per heavy atom. The molecule has 1 aromatic carbocycles. The molecular weight excluding hydrogens is 200 g/mol. The molecule has 0 radical (unpaired) electrons. The molecule has 16 heavy (non-hydrogen) atoms. The van der Waals surface area contributed by atoms with Gasteiger partial charge in [-0.1, -0.05) is 30.3 Å². The van der Waals surface area contributed by atoms with Crippen LogP contribution in [-0.2, 0) is 6.42 Å². The normalized spacial score (nSPS) is 20.3. The fourth-order valence-electron chi connectivity index (χ4n) is 2.08. The average molecular weight is 218 g/mol. The predicted molar refractivity (Wildman–Crippen MR) is 64.3 cm³/mol. The van der Waals surface area contributed by atoms with Crippen molar-refractivity contribution in [3.05, 3.63) is 35.9 Å². The predicted octanol–water partition coefficient (Wildman–Crippen LogP) is 2.03. The van der Waals surface area contributed by atoms with Crippen molar-refractivity contribution < 1.29 is 4.79 Å². The second-order valence-corrected chi connectivity index (χ2v) is 4.58. The lowest BCUT2D eigenvalue weighted by Gasteiger charge is -2.18. The summed E-state index contributed by atoms with van der Waals surface area (Å²) >= 11 is 0. The lowest BCUT2D eigenvalue weighted by atomic mass is 10.1. The number of nitrogens with one attached hydrogen (secondary N) is 1. The third kappa shape index (κ3) is 2.35. The first-order valence-electron chi connectivity index (χ1n) is 5.78. The summed E-state index contributed by atoms with van der Waals surface area (Å²) < 4.78 is 0. The van der Waals surface area contributed by atoms with E-state index < -0.39 is 0 Å². The van der Waals surface area contributed by atoms with Crippen LogP contribution in [0, 0.1) is 0 Å². The number of hydrogen-bond acceptors (Lipinski definition) is 1. The summed E-state index contributed by atoms with van der Waals surface area (Å²) in [5, 5.41) is 3.02. The fraction of sp³-hybridized carbons (Fsp3) is 0.462. The monoisotopic (exact) mass is 218 g/mol. The number of rotatable bonds is 3. The summed E-state index contributed by atoms with van der Waals surface area (Å²) in [6.07, 6.45) is 0.912. The van der Waals surface area contributed by atoms with Gasteiger partial charge in [0.1, 0.15) is 0 Å². The van der Waals surface area contributed by atoms with Crippen LogP contribution in [0.4, 0.5) is 4.79 Å². The number of carbonyl (C=O) groups is 1. The molecule has 1 atom stereocenters. The number of urea groups is 1. The number of amides is 2. The second-order valence-electron chi connectivity index (χ2n) is 4.58. The zero-order chi connectivity index (χ0) is 11.5. The Balaban J connectivity index is 1.97. The number of hydrogen-bond donors (Lipinski definition) is 1. The van der Waals surface area contributed by atoms with E-state index in [0.717, 1.165) is 13.0 Å². The molecule has 3 heteroatoms. The molecule has 1 aliphatic heterocycles. The van der Waals surface area contributed by atoms with Crippen LogP contribution < -0.4 is 5.32 Å². The summed E-state index contributed by atoms with van der Waals surface area (Å²) in [5.41, 5.74) is 1.28. The van der Waals surface area contributed by atoms with Crippen LogP contribution in [0.3, 0.4) is 0 Å². The molecule has 1 aliphatic rings. The van der Waals surface area contributed by atoms with Crippen molar-refractivity contribution >= 4 is 6.03 Å². The van der Waals surface area contributed by atoms with Gasteiger partial charge in [0.2, 0.25) is 0 Å². The van der Waals surface area contributed by atoms with Crippen LogP contribution in [0.25, 0.3) is 0 Å². The van der Waals surface area contributed by atoms with Gasteiger partial charge in [-0.2, -0.15) is 0 Å². The zero-order valence-electron chi connectivity index (χ0n) is 9.81. The zero-order valence-corrected chi connectivity index (χ0v) is 9.81. The molecule has 2 rings (SSSR count). The molecule has 1 aromatic rings. The van der Waals surface area contributed by atoms with Gasteiger partial charge in [0, 0.05) is 12.6 Å². The highest BCUT2D eigenvalue weighted by molar-refractivity contribution is 5.77. The summed E-state index contributed by atoms with van der Waals surface area (Å²) in [7, 11) is 0. The van der Waals surface area contributed by atoms with Crippen molar-refractivity contribution in [1.82, 2.24) is 10.2 Å². The van der Waals surface area contributed by atoms with Crippen molar-refractivity contribution in [2.45, 2.75) is 32.4 Å². The molecule has 0 aliphatic carbocycles. The van der Waals surface area contributed by atoms with E-state index >= 15 is 0 Å². The molecule has 0 unspecified atom stereocenters. The van der Waals surface area contributed by atoms with Crippen LogP contribution in [-0.4, -0.2) is 29.6 Å². The van der Waals surface area contributed by atoms with Crippen LogP contribution in [0.1, 0.15) is 19.4 Å². The minimum atomic E-state index is 0.0657. The molecule has 1 saturated heterocycles. The molecule has 1 N–H and O–H groups in total. The molecule has 0 saturated carbocycles. The van der Waals surface area contributed by atoms with Crippen molar-refractivity contribution in [3.8, 4) is 0 Å². The standard InChI is InChI=1S/C13H18N2O/c1-10(2)15-9-12(14-13(15)16)8-11-6-4-3-5-7-11/h3-7,10,12H,8-9H2,1-2H3,(H,14,16)/t12-/m1/s1. The third-order valence-electron chi connectivity index (χ3n) is 2.95. The average Bonchev–Trinajstić information content (AvgIpc) is 2.61. The van der Waals surface area contributed by atoms with Gasteiger partial charge in [-0.3, -0.25) is 0 Å². The highest BCUT2D eigenvalue weighted by atomic mass is 16.2. The first-order valence-corrected chi connectivity index (χ1v) is 5.78. The van der Waals surface area contributed by atoms with Crippen LogP contribution in [0.15, 0.2) is 30.3 Å². The lowest BCUT2D eigenvalue weighted by Crippen LogP contribution is -2.33. The SMILES string of the molecule is CC(C)N1C[C@@H](Cc2ccccc2)NC1=O. The Bertz CT molecular complexity index is 361. The lowest BCUT2D eigenvalue weighted by molar-refractivity contribution is 0.206. The Kier molecular flexibility index (Phi) is 3.13. The summed E-state index contributed by atoms with van der Waals surface area (Å²) in [5.74, 6) is 0. The molecule has 1 heterocycles. The van der Waals surface area contributed by atoms with Crippen molar-refractivity contribution in [3.63, 3.8) is 0 Å². The van der Waals surface area contributed by atoms with Gasteiger partial charge in [-0.05, 0) is 25.8 Å². The van der Waals surface area contributed by atoms with Gasteiger partial charge in [0.15, 0.2) is 0 Å². The second kappa shape index (κ2) is 4.56. The highest BCUT2D eigenvalue weighted by Crippen LogP contribution is 2.12. The van der Waals surface area contributed by atoms with E-state index in [2.05, 4.69) is 17.4 Å². The minimum Gasteiger partial charge on any atom is -0.333 e. The molecule has 0 spiro atoms. The van der Waals surface area contributed by atoms with Crippen LogP contribution in [0.2, 0.25) is 0 Å². The van der Waals surface area contributed by atoms with E-state index in [1.807, 2.05) is 36.9 Å². The van der Waals surface area contributed by atoms with E-state index in [4.69, 9.17) is 0 Å². The first kappa shape index (κ1) is 11.0. The Morgan fingerprint density at radius 1 is 1.38 bits per heavy atom. The van der Waals surface area contributed by atoms with Gasteiger partial charge in [0.25, 0.3) is 0 Å². The maximum Gasteiger partial charge on any atom is 0.317 e. The summed E-state index contributed by atoms with van der Waals surface area (Å²) in [4.78, 5) is 13.5. The third-order valence-corrected chi connectivity index (χ3v) is 2.95. The molecule has 3 nitrogen and oxygen atoms in total. The van der Waals surface area contributed by atoms with E-state index in [1.165, 1.54) is 5.56 Å². The number of nitrogens with zero attached hydrogens (tertiary/aromatic N) is 1. The Hall–Kier alpha value is -1.51. The van der Waals surface area contributed by atoms with Gasteiger partial charge in [-0.15, -0.1) is 0 Å². The number of carbonyl (C=O) groups excluding carboxylic acids is 1. The molecule has 0 aromatic heterocycles. The molecule has 0 bridgehead atoms. The maximum absolute atomic E-state index is 11.6. The topological polar surface area (TPSA) is 32.3 Å². The van der Waals surface area contributed by atoms with Crippen molar-refractivity contribution in [1.29, 1.82) is 0 Å². The Morgan fingerprint density at radius 2 is 2.06 bits per heavy atom. The quantitative estimate of drug-likeness (QED) is 0.827. The van der Waals surface area contributed by atoms with E-state index in [1.54, 1.807) is 0 Å². The molecule has 86 valence electrons. The largest absolute Gasteiger partial charge is 0.333 e. The van der Waals surface area contributed by atoms with Gasteiger partial charge < -0.3 is 10.2 Å². The molecule has 1 fully saturated rings. The first-order chi connectivity index (χ1) is 7.66. The molecule has 2 amide bonds. The maximum atomic E-state index is 11.6. The van der Waals surface area contributed by atoms with E-state index in [0.29, 0.717) is 0 Å². The van der Waals surface area contributed by atoms with Gasteiger partial charge in [0.05, 0.1) is 6.04 Å². The number of benzene rings is 1. The van der Waals surface area contributed by atoms with Crippen LogP contribution in [0.5, 0.6) is 0 Å². The fourth-order valence-corrected chi connectivity index (χ4v) is 2.08. The molecular formula is C13H18N2O. The highest BCUT2D eigenvalue weighted by Gasteiger charge is 2.29. The van der Waals surface area contributed by atoms with E-state index in [-0.39, 0.29) is 18.1 Å².